The predicted molar refractivity (Wildman–Crippen MR) is 90.1 cm³/mol. The first-order chi connectivity index (χ1) is 11.5. The fourth-order valence-electron chi connectivity index (χ4n) is 3.35. The molecule has 128 valence electrons. The SMILES string of the molecule is CS(=O)(=O)N1CCC(Nc2ncc3c(n2)-c2nc[nH]c2CC3)CC1. The molecule has 4 rings (SSSR count). The lowest BCUT2D eigenvalue weighted by Gasteiger charge is -2.30. The third kappa shape index (κ3) is 2.89. The number of H-pyrrole nitrogens is 1. The highest BCUT2D eigenvalue weighted by Crippen LogP contribution is 2.29. The summed E-state index contributed by atoms with van der Waals surface area (Å²) < 4.78 is 24.7. The average molecular weight is 348 g/mol. The van der Waals surface area contributed by atoms with Crippen molar-refractivity contribution in [1.29, 1.82) is 0 Å². The number of rotatable bonds is 3. The molecule has 0 radical (unpaired) electrons. The summed E-state index contributed by atoms with van der Waals surface area (Å²) in [5.74, 6) is 0.586. The highest BCUT2D eigenvalue weighted by atomic mass is 32.2. The van der Waals surface area contributed by atoms with Crippen LogP contribution in [0.2, 0.25) is 0 Å². The number of aromatic amines is 1. The monoisotopic (exact) mass is 348 g/mol. The van der Waals surface area contributed by atoms with Gasteiger partial charge in [-0.25, -0.2) is 27.7 Å². The van der Waals surface area contributed by atoms with Crippen LogP contribution in [0.3, 0.4) is 0 Å². The first-order valence-electron chi connectivity index (χ1n) is 8.11. The van der Waals surface area contributed by atoms with Gasteiger partial charge >= 0.3 is 0 Å². The molecule has 2 aliphatic rings. The standard InChI is InChI=1S/C15H20N6O2S/c1-24(22,23)21-6-4-11(5-7-21)19-15-16-8-10-2-3-12-14(13(10)20-15)18-9-17-12/h8-9,11H,2-7H2,1H3,(H,17,18)(H,16,19,20). The second kappa shape index (κ2) is 5.82. The minimum absolute atomic E-state index is 0.184. The molecule has 9 heteroatoms. The zero-order valence-electron chi connectivity index (χ0n) is 13.5. The molecule has 0 aromatic carbocycles. The van der Waals surface area contributed by atoms with Gasteiger partial charge in [-0.3, -0.25) is 0 Å². The Bertz CT molecular complexity index is 855. The molecule has 3 heterocycles. The maximum atomic E-state index is 11.6. The van der Waals surface area contributed by atoms with E-state index in [0.717, 1.165) is 48.3 Å². The van der Waals surface area contributed by atoms with Crippen molar-refractivity contribution in [2.75, 3.05) is 24.7 Å². The number of anilines is 1. The van der Waals surface area contributed by atoms with Crippen LogP contribution in [0.15, 0.2) is 12.5 Å². The van der Waals surface area contributed by atoms with Crippen molar-refractivity contribution in [3.05, 3.63) is 23.8 Å². The maximum absolute atomic E-state index is 11.6. The maximum Gasteiger partial charge on any atom is 0.223 e. The number of aryl methyl sites for hydroxylation is 2. The Morgan fingerprint density at radius 3 is 2.75 bits per heavy atom. The largest absolute Gasteiger partial charge is 0.351 e. The number of aromatic nitrogens is 4. The van der Waals surface area contributed by atoms with E-state index in [2.05, 4.69) is 25.3 Å². The number of piperidine rings is 1. The predicted octanol–water partition coefficient (Wildman–Crippen LogP) is 0.801. The molecule has 0 saturated carbocycles. The Morgan fingerprint density at radius 2 is 2.00 bits per heavy atom. The summed E-state index contributed by atoms with van der Waals surface area (Å²) >= 11 is 0. The lowest BCUT2D eigenvalue weighted by molar-refractivity contribution is 0.331. The van der Waals surface area contributed by atoms with Gasteiger partial charge in [0.15, 0.2) is 0 Å². The number of nitrogens with zero attached hydrogens (tertiary/aromatic N) is 4. The van der Waals surface area contributed by atoms with Crippen LogP contribution in [0.4, 0.5) is 5.95 Å². The van der Waals surface area contributed by atoms with Gasteiger partial charge in [0.05, 0.1) is 18.3 Å². The lowest BCUT2D eigenvalue weighted by Crippen LogP contribution is -2.42. The van der Waals surface area contributed by atoms with Crippen molar-refractivity contribution in [2.45, 2.75) is 31.7 Å². The van der Waals surface area contributed by atoms with Crippen LogP contribution >= 0.6 is 0 Å². The fourth-order valence-corrected chi connectivity index (χ4v) is 4.23. The van der Waals surface area contributed by atoms with Gasteiger partial charge in [-0.1, -0.05) is 0 Å². The van der Waals surface area contributed by atoms with Crippen molar-refractivity contribution in [3.8, 4) is 11.4 Å². The van der Waals surface area contributed by atoms with Crippen molar-refractivity contribution in [2.24, 2.45) is 0 Å². The quantitative estimate of drug-likeness (QED) is 0.850. The number of imidazole rings is 1. The molecule has 8 nitrogen and oxygen atoms in total. The molecule has 0 amide bonds. The van der Waals surface area contributed by atoms with Crippen LogP contribution in [-0.2, 0) is 22.9 Å². The molecule has 1 saturated heterocycles. The molecular weight excluding hydrogens is 328 g/mol. The summed E-state index contributed by atoms with van der Waals surface area (Å²) in [7, 11) is -3.10. The average Bonchev–Trinajstić information content (AvgIpc) is 3.03. The van der Waals surface area contributed by atoms with Gasteiger partial charge in [0, 0.05) is 31.0 Å². The van der Waals surface area contributed by atoms with Crippen molar-refractivity contribution < 1.29 is 8.42 Å². The molecule has 1 aliphatic heterocycles. The van der Waals surface area contributed by atoms with E-state index in [0.29, 0.717) is 19.0 Å². The van der Waals surface area contributed by atoms with E-state index in [1.54, 1.807) is 6.33 Å². The summed E-state index contributed by atoms with van der Waals surface area (Å²) in [4.78, 5) is 16.6. The Hall–Kier alpha value is -2.00. The smallest absolute Gasteiger partial charge is 0.223 e. The Labute approximate surface area is 140 Å². The van der Waals surface area contributed by atoms with E-state index in [-0.39, 0.29) is 6.04 Å². The minimum atomic E-state index is -3.10. The van der Waals surface area contributed by atoms with E-state index in [9.17, 15) is 8.42 Å². The third-order valence-corrected chi connectivity index (χ3v) is 6.01. The fraction of sp³-hybridized carbons (Fsp3) is 0.533. The Balaban J connectivity index is 1.49. The van der Waals surface area contributed by atoms with Gasteiger partial charge < -0.3 is 10.3 Å². The summed E-state index contributed by atoms with van der Waals surface area (Å²) in [5, 5.41) is 3.34. The van der Waals surface area contributed by atoms with Gasteiger partial charge in [0.1, 0.15) is 5.69 Å². The molecule has 0 unspecified atom stereocenters. The minimum Gasteiger partial charge on any atom is -0.351 e. The highest BCUT2D eigenvalue weighted by Gasteiger charge is 2.26. The molecule has 2 N–H and O–H groups in total. The molecule has 1 fully saturated rings. The van der Waals surface area contributed by atoms with E-state index >= 15 is 0 Å². The second-order valence-corrected chi connectivity index (χ2v) is 8.36. The van der Waals surface area contributed by atoms with Crippen LogP contribution < -0.4 is 5.32 Å². The topological polar surface area (TPSA) is 104 Å². The number of sulfonamides is 1. The number of hydrogen-bond donors (Lipinski definition) is 2. The molecule has 24 heavy (non-hydrogen) atoms. The lowest BCUT2D eigenvalue weighted by atomic mass is 9.98. The van der Waals surface area contributed by atoms with Crippen LogP contribution in [-0.4, -0.2) is 58.0 Å². The molecule has 0 bridgehead atoms. The molecule has 2 aromatic rings. The van der Waals surface area contributed by atoms with Gasteiger partial charge in [-0.2, -0.15) is 0 Å². The molecule has 0 atom stereocenters. The van der Waals surface area contributed by atoms with Gasteiger partial charge in [0.25, 0.3) is 0 Å². The highest BCUT2D eigenvalue weighted by molar-refractivity contribution is 7.88. The van der Waals surface area contributed by atoms with Crippen LogP contribution in [0.5, 0.6) is 0 Å². The summed E-state index contributed by atoms with van der Waals surface area (Å²) in [6.07, 6.45) is 8.18. The van der Waals surface area contributed by atoms with E-state index in [1.807, 2.05) is 6.20 Å². The summed E-state index contributed by atoms with van der Waals surface area (Å²) in [6.45, 7) is 1.07. The number of fused-ring (bicyclic) bond motifs is 3. The van der Waals surface area contributed by atoms with Crippen molar-refractivity contribution in [3.63, 3.8) is 0 Å². The van der Waals surface area contributed by atoms with Gasteiger partial charge in [-0.15, -0.1) is 0 Å². The van der Waals surface area contributed by atoms with Crippen LogP contribution in [0.1, 0.15) is 24.1 Å². The third-order valence-electron chi connectivity index (χ3n) is 4.71. The van der Waals surface area contributed by atoms with E-state index in [1.165, 1.54) is 10.6 Å². The molecule has 2 aromatic heterocycles. The zero-order chi connectivity index (χ0) is 16.7. The van der Waals surface area contributed by atoms with Crippen LogP contribution in [0.25, 0.3) is 11.4 Å². The van der Waals surface area contributed by atoms with Crippen molar-refractivity contribution >= 4 is 16.0 Å². The number of hydrogen-bond acceptors (Lipinski definition) is 6. The molecular formula is C15H20N6O2S. The first kappa shape index (κ1) is 15.5. The summed E-state index contributed by atoms with van der Waals surface area (Å²) in [5.41, 5.74) is 4.04. The zero-order valence-corrected chi connectivity index (χ0v) is 14.3. The number of nitrogens with one attached hydrogen (secondary N) is 2. The Morgan fingerprint density at radius 1 is 1.21 bits per heavy atom. The van der Waals surface area contributed by atoms with Crippen LogP contribution in [0, 0.1) is 0 Å². The normalized spacial score (nSPS) is 18.9. The van der Waals surface area contributed by atoms with Gasteiger partial charge in [-0.05, 0) is 31.2 Å². The Kier molecular flexibility index (Phi) is 3.76. The molecule has 1 aliphatic carbocycles. The summed E-state index contributed by atoms with van der Waals surface area (Å²) in [6, 6.07) is 0.184. The van der Waals surface area contributed by atoms with E-state index in [4.69, 9.17) is 0 Å². The second-order valence-electron chi connectivity index (χ2n) is 6.38. The van der Waals surface area contributed by atoms with Gasteiger partial charge in [0.2, 0.25) is 16.0 Å². The van der Waals surface area contributed by atoms with Crippen molar-refractivity contribution in [1.82, 2.24) is 24.2 Å². The first-order valence-corrected chi connectivity index (χ1v) is 9.96. The molecule has 0 spiro atoms. The van der Waals surface area contributed by atoms with E-state index < -0.39 is 10.0 Å².